The highest BCUT2D eigenvalue weighted by Gasteiger charge is 2.31. The topological polar surface area (TPSA) is 66.1 Å². The van der Waals surface area contributed by atoms with Crippen LogP contribution in [0.4, 0.5) is 0 Å². The van der Waals surface area contributed by atoms with Crippen LogP contribution in [-0.2, 0) is 6.42 Å². The number of aromatic amines is 1. The number of carbonyl (C=O) groups excluding carboxylic acids is 1. The predicted molar refractivity (Wildman–Crippen MR) is 102 cm³/mol. The Labute approximate surface area is 155 Å². The number of fused-ring (bicyclic) bond motifs is 1. The maximum atomic E-state index is 13.2. The highest BCUT2D eigenvalue weighted by Crippen LogP contribution is 2.27. The second kappa shape index (κ2) is 6.92. The molecule has 0 radical (unpaired) electrons. The van der Waals surface area contributed by atoms with Crippen LogP contribution in [0.2, 0.25) is 5.02 Å². The lowest BCUT2D eigenvalue weighted by molar-refractivity contribution is 0.0731. The summed E-state index contributed by atoms with van der Waals surface area (Å²) in [6.07, 6.45) is 2.59. The van der Waals surface area contributed by atoms with Crippen molar-refractivity contribution in [3.05, 3.63) is 75.2 Å². The van der Waals surface area contributed by atoms with E-state index in [4.69, 9.17) is 11.6 Å². The SMILES string of the molecule is O=C(c1n[nH]c(=O)c2ccccc12)N1CCC[C@@H]1Cc1ccccc1Cl. The lowest BCUT2D eigenvalue weighted by Crippen LogP contribution is -2.38. The first-order chi connectivity index (χ1) is 12.6. The average Bonchev–Trinajstić information content (AvgIpc) is 3.12. The molecule has 2 heterocycles. The zero-order chi connectivity index (χ0) is 18.1. The van der Waals surface area contributed by atoms with Gasteiger partial charge >= 0.3 is 0 Å². The molecular weight excluding hydrogens is 350 g/mol. The Morgan fingerprint density at radius 2 is 1.88 bits per heavy atom. The Morgan fingerprint density at radius 1 is 1.15 bits per heavy atom. The summed E-state index contributed by atoms with van der Waals surface area (Å²) >= 11 is 6.29. The van der Waals surface area contributed by atoms with Crippen molar-refractivity contribution >= 4 is 28.3 Å². The van der Waals surface area contributed by atoms with E-state index in [0.717, 1.165) is 23.4 Å². The lowest BCUT2D eigenvalue weighted by Gasteiger charge is -2.25. The minimum atomic E-state index is -0.286. The highest BCUT2D eigenvalue weighted by atomic mass is 35.5. The standard InChI is InChI=1S/C20H18ClN3O2/c21-17-10-4-1-6-13(17)12-14-7-5-11-24(14)20(26)18-15-8-2-3-9-16(15)19(25)23-22-18/h1-4,6,8-10,14H,5,7,11-12H2,(H,23,25)/t14-/m1/s1. The van der Waals surface area contributed by atoms with Gasteiger partial charge in [0, 0.05) is 23.0 Å². The number of nitrogens with zero attached hydrogens (tertiary/aromatic N) is 2. The first-order valence-electron chi connectivity index (χ1n) is 8.67. The molecule has 26 heavy (non-hydrogen) atoms. The quantitative estimate of drug-likeness (QED) is 0.771. The molecule has 1 aromatic heterocycles. The molecule has 1 fully saturated rings. The van der Waals surface area contributed by atoms with E-state index in [9.17, 15) is 9.59 Å². The fraction of sp³-hybridized carbons (Fsp3) is 0.250. The number of rotatable bonds is 3. The molecule has 132 valence electrons. The van der Waals surface area contributed by atoms with Crippen molar-refractivity contribution < 1.29 is 4.79 Å². The number of nitrogens with one attached hydrogen (secondary N) is 1. The Balaban J connectivity index is 1.67. The van der Waals surface area contributed by atoms with Gasteiger partial charge in [-0.1, -0.05) is 48.0 Å². The second-order valence-corrected chi connectivity index (χ2v) is 6.94. The summed E-state index contributed by atoms with van der Waals surface area (Å²) in [7, 11) is 0. The minimum Gasteiger partial charge on any atom is -0.334 e. The molecule has 0 spiro atoms. The molecule has 1 N–H and O–H groups in total. The molecule has 6 heteroatoms. The molecule has 1 aliphatic heterocycles. The molecule has 1 atom stereocenters. The van der Waals surface area contributed by atoms with Crippen LogP contribution < -0.4 is 5.56 Å². The molecular formula is C20H18ClN3O2. The van der Waals surface area contributed by atoms with Gasteiger partial charge in [-0.2, -0.15) is 5.10 Å². The van der Waals surface area contributed by atoms with Crippen LogP contribution in [0.15, 0.2) is 53.3 Å². The highest BCUT2D eigenvalue weighted by molar-refractivity contribution is 6.31. The zero-order valence-electron chi connectivity index (χ0n) is 14.1. The number of amides is 1. The third kappa shape index (κ3) is 2.99. The van der Waals surface area contributed by atoms with Gasteiger partial charge in [0.05, 0.1) is 5.39 Å². The van der Waals surface area contributed by atoms with Gasteiger partial charge in [-0.3, -0.25) is 9.59 Å². The largest absolute Gasteiger partial charge is 0.334 e. The Bertz CT molecular complexity index is 1030. The van der Waals surface area contributed by atoms with E-state index in [2.05, 4.69) is 10.2 Å². The fourth-order valence-electron chi connectivity index (χ4n) is 3.65. The van der Waals surface area contributed by atoms with Crippen LogP contribution >= 0.6 is 11.6 Å². The van der Waals surface area contributed by atoms with Crippen molar-refractivity contribution in [3.63, 3.8) is 0 Å². The maximum absolute atomic E-state index is 13.2. The van der Waals surface area contributed by atoms with E-state index in [1.165, 1.54) is 0 Å². The number of hydrogen-bond donors (Lipinski definition) is 1. The van der Waals surface area contributed by atoms with Crippen LogP contribution in [0.25, 0.3) is 10.8 Å². The first-order valence-corrected chi connectivity index (χ1v) is 9.05. The van der Waals surface area contributed by atoms with E-state index < -0.39 is 0 Å². The van der Waals surface area contributed by atoms with Crippen molar-refractivity contribution in [2.45, 2.75) is 25.3 Å². The van der Waals surface area contributed by atoms with Crippen LogP contribution in [0.1, 0.15) is 28.9 Å². The average molecular weight is 368 g/mol. The monoisotopic (exact) mass is 367 g/mol. The fourth-order valence-corrected chi connectivity index (χ4v) is 3.86. The summed E-state index contributed by atoms with van der Waals surface area (Å²) in [4.78, 5) is 27.0. The Hall–Kier alpha value is -2.66. The summed E-state index contributed by atoms with van der Waals surface area (Å²) in [5.41, 5.74) is 1.05. The van der Waals surface area contributed by atoms with Crippen molar-refractivity contribution in [2.75, 3.05) is 6.54 Å². The summed E-state index contributed by atoms with van der Waals surface area (Å²) in [6.45, 7) is 0.684. The van der Waals surface area contributed by atoms with Gasteiger partial charge < -0.3 is 4.90 Å². The number of benzene rings is 2. The number of hydrogen-bond acceptors (Lipinski definition) is 3. The van der Waals surface area contributed by atoms with Crippen LogP contribution in [0, 0.1) is 0 Å². The molecule has 4 rings (SSSR count). The number of H-pyrrole nitrogens is 1. The zero-order valence-corrected chi connectivity index (χ0v) is 14.9. The molecule has 1 amide bonds. The summed E-state index contributed by atoms with van der Waals surface area (Å²) < 4.78 is 0. The second-order valence-electron chi connectivity index (χ2n) is 6.54. The summed E-state index contributed by atoms with van der Waals surface area (Å²) in [5, 5.41) is 8.29. The van der Waals surface area contributed by atoms with Gasteiger partial charge in [-0.15, -0.1) is 0 Å². The van der Waals surface area contributed by atoms with Crippen molar-refractivity contribution in [3.8, 4) is 0 Å². The van der Waals surface area contributed by atoms with E-state index in [0.29, 0.717) is 29.4 Å². The van der Waals surface area contributed by atoms with Gasteiger partial charge in [0.1, 0.15) is 0 Å². The Kier molecular flexibility index (Phi) is 4.47. The van der Waals surface area contributed by atoms with Crippen molar-refractivity contribution in [2.24, 2.45) is 0 Å². The van der Waals surface area contributed by atoms with Crippen LogP contribution in [0.3, 0.4) is 0 Å². The third-order valence-electron chi connectivity index (χ3n) is 4.95. The number of likely N-dealkylation sites (tertiary alicyclic amines) is 1. The van der Waals surface area contributed by atoms with E-state index >= 15 is 0 Å². The van der Waals surface area contributed by atoms with Crippen molar-refractivity contribution in [1.29, 1.82) is 0 Å². The van der Waals surface area contributed by atoms with Gasteiger partial charge in [0.2, 0.25) is 0 Å². The molecule has 0 aliphatic carbocycles. The third-order valence-corrected chi connectivity index (χ3v) is 5.32. The molecule has 3 aromatic rings. The van der Waals surface area contributed by atoms with Crippen LogP contribution in [-0.4, -0.2) is 33.6 Å². The van der Waals surface area contributed by atoms with E-state index in [-0.39, 0.29) is 17.5 Å². The predicted octanol–water partition coefficient (Wildman–Crippen LogP) is 3.42. The van der Waals surface area contributed by atoms with Gasteiger partial charge in [-0.25, -0.2) is 5.10 Å². The van der Waals surface area contributed by atoms with Crippen LogP contribution in [0.5, 0.6) is 0 Å². The van der Waals surface area contributed by atoms with Gasteiger partial charge in [0.15, 0.2) is 5.69 Å². The normalized spacial score (nSPS) is 17.0. The first kappa shape index (κ1) is 16.8. The van der Waals surface area contributed by atoms with Gasteiger partial charge in [0.25, 0.3) is 11.5 Å². The smallest absolute Gasteiger partial charge is 0.275 e. The summed E-state index contributed by atoms with van der Waals surface area (Å²) in [5.74, 6) is -0.146. The minimum absolute atomic E-state index is 0.0786. The van der Waals surface area contributed by atoms with Crippen molar-refractivity contribution in [1.82, 2.24) is 15.1 Å². The molecule has 5 nitrogen and oxygen atoms in total. The van der Waals surface area contributed by atoms with Gasteiger partial charge in [-0.05, 0) is 37.0 Å². The number of aromatic nitrogens is 2. The number of carbonyl (C=O) groups is 1. The molecule has 2 aromatic carbocycles. The number of halogens is 1. The Morgan fingerprint density at radius 3 is 2.69 bits per heavy atom. The maximum Gasteiger partial charge on any atom is 0.275 e. The molecule has 0 saturated carbocycles. The lowest BCUT2D eigenvalue weighted by atomic mass is 10.0. The summed E-state index contributed by atoms with van der Waals surface area (Å²) in [6, 6.07) is 14.9. The molecule has 0 bridgehead atoms. The molecule has 0 unspecified atom stereocenters. The molecule has 1 saturated heterocycles. The molecule has 1 aliphatic rings. The van der Waals surface area contributed by atoms with E-state index in [1.54, 1.807) is 18.2 Å². The van der Waals surface area contributed by atoms with E-state index in [1.807, 2.05) is 35.2 Å².